The van der Waals surface area contributed by atoms with E-state index < -0.39 is 0 Å². The van der Waals surface area contributed by atoms with Gasteiger partial charge in [0.25, 0.3) is 5.56 Å². The quantitative estimate of drug-likeness (QED) is 0.118. The molecule has 8 aromatic rings. The molecule has 100 heavy (non-hydrogen) atoms. The van der Waals surface area contributed by atoms with Crippen LogP contribution in [0.3, 0.4) is 0 Å². The number of likely N-dealkylation sites (N-methyl/N-ethyl adjacent to an activating group) is 1. The largest absolute Gasteiger partial charge is 0.478 e. The van der Waals surface area contributed by atoms with Crippen molar-refractivity contribution >= 4 is 34.4 Å². The van der Waals surface area contributed by atoms with Gasteiger partial charge in [0.1, 0.15) is 24.1 Å². The molecule has 6 aromatic carbocycles. The lowest BCUT2D eigenvalue weighted by atomic mass is 9.63. The SMILES string of the molecule is Cc1ccc(C2(C3=NCCN3)CCC2)cc1.Cc1ccc(C2(C3=NCCN3C)CCC2)cc1.Cc1ccc(C2(C3=NCCO3)CCC2)cc1.Cc1ccc(C2(C3=NCCS3)CCC2)cc1.Cc1ccc(C2(Cn3ccccc3=O)CCC2)cc1.Cc1ccc(C2(c3ncc[nH]3)CCC2)cc1. The summed E-state index contributed by atoms with van der Waals surface area (Å²) in [6.45, 7) is 20.3. The number of rotatable bonds is 13. The summed E-state index contributed by atoms with van der Waals surface area (Å²) >= 11 is 1.97. The van der Waals surface area contributed by atoms with Crippen LogP contribution >= 0.6 is 11.8 Å². The molecule has 0 saturated heterocycles. The van der Waals surface area contributed by atoms with Gasteiger partial charge in [-0.15, -0.1) is 11.8 Å². The third kappa shape index (κ3) is 14.7. The monoisotopic (exact) mass is 1350 g/mol. The molecule has 522 valence electrons. The Morgan fingerprint density at radius 2 is 0.920 bits per heavy atom. The van der Waals surface area contributed by atoms with Crippen molar-refractivity contribution < 1.29 is 4.74 Å². The fourth-order valence-corrected chi connectivity index (χ4v) is 17.9. The smallest absolute Gasteiger partial charge is 0.250 e. The van der Waals surface area contributed by atoms with Gasteiger partial charge in [-0.1, -0.05) is 224 Å². The number of imidazole rings is 1. The minimum absolute atomic E-state index is 0.0980. The van der Waals surface area contributed by atoms with E-state index in [4.69, 9.17) is 14.7 Å². The summed E-state index contributed by atoms with van der Waals surface area (Å²) < 4.78 is 7.54. The van der Waals surface area contributed by atoms with E-state index in [1.165, 1.54) is 205 Å². The van der Waals surface area contributed by atoms with Crippen LogP contribution in [0.25, 0.3) is 0 Å². The molecule has 2 N–H and O–H groups in total. The Labute approximate surface area is 600 Å². The maximum Gasteiger partial charge on any atom is 0.250 e. The molecular formula is C88H107N9O2S. The van der Waals surface area contributed by atoms with Crippen LogP contribution in [0.4, 0.5) is 0 Å². The highest BCUT2D eigenvalue weighted by atomic mass is 32.2. The summed E-state index contributed by atoms with van der Waals surface area (Å²) in [6.07, 6.45) is 28.3. The van der Waals surface area contributed by atoms with Gasteiger partial charge < -0.3 is 24.5 Å². The number of aliphatic imine (C=N–C) groups is 4. The number of nitrogens with zero attached hydrogens (tertiary/aromatic N) is 7. The molecule has 6 heterocycles. The Hall–Kier alpha value is -8.09. The predicted octanol–water partition coefficient (Wildman–Crippen LogP) is 18.1. The molecule has 0 atom stereocenters. The normalized spacial score (nSPS) is 20.6. The number of hydrogen-bond acceptors (Lipinski definition) is 10. The van der Waals surface area contributed by atoms with E-state index in [0.29, 0.717) is 5.41 Å². The molecule has 6 fully saturated rings. The van der Waals surface area contributed by atoms with Crippen LogP contribution in [-0.4, -0.2) is 101 Å². The summed E-state index contributed by atoms with van der Waals surface area (Å²) in [7, 11) is 2.18. The highest BCUT2D eigenvalue weighted by molar-refractivity contribution is 8.14. The summed E-state index contributed by atoms with van der Waals surface area (Å²) in [4.78, 5) is 40.6. The number of benzene rings is 6. The Kier molecular flexibility index (Phi) is 21.8. The number of hydrogen-bond donors (Lipinski definition) is 2. The Morgan fingerprint density at radius 3 is 1.29 bits per heavy atom. The molecule has 0 bridgehead atoms. The van der Waals surface area contributed by atoms with Gasteiger partial charge in [0.05, 0.1) is 46.3 Å². The molecule has 0 amide bonds. The van der Waals surface area contributed by atoms with Crippen molar-refractivity contribution in [2.75, 3.05) is 58.7 Å². The second-order valence-electron chi connectivity index (χ2n) is 30.5. The number of H-pyrrole nitrogens is 1. The lowest BCUT2D eigenvalue weighted by Crippen LogP contribution is -2.48. The zero-order chi connectivity index (χ0) is 69.2. The fourth-order valence-electron chi connectivity index (χ4n) is 16.7. The molecule has 0 unspecified atom stereocenters. The summed E-state index contributed by atoms with van der Waals surface area (Å²) in [6, 6.07) is 59.0. The second-order valence-corrected chi connectivity index (χ2v) is 31.6. The number of amidine groups is 2. The summed E-state index contributed by atoms with van der Waals surface area (Å²) in [5.41, 5.74) is 17.8. The van der Waals surface area contributed by atoms with E-state index in [1.54, 1.807) is 12.1 Å². The van der Waals surface area contributed by atoms with Gasteiger partial charge in [-0.25, -0.2) is 4.98 Å². The van der Waals surface area contributed by atoms with E-state index in [2.05, 4.69) is 224 Å². The van der Waals surface area contributed by atoms with Gasteiger partial charge in [0, 0.05) is 74.5 Å². The molecule has 11 nitrogen and oxygen atoms in total. The van der Waals surface area contributed by atoms with Crippen molar-refractivity contribution in [3.63, 3.8) is 0 Å². The maximum absolute atomic E-state index is 11.9. The summed E-state index contributed by atoms with van der Waals surface area (Å²) in [5, 5.41) is 4.87. The van der Waals surface area contributed by atoms with E-state index in [0.717, 1.165) is 64.1 Å². The lowest BCUT2D eigenvalue weighted by Gasteiger charge is -2.44. The van der Waals surface area contributed by atoms with Crippen LogP contribution < -0.4 is 10.9 Å². The van der Waals surface area contributed by atoms with Gasteiger partial charge >= 0.3 is 0 Å². The predicted molar refractivity (Wildman–Crippen MR) is 417 cm³/mol. The molecule has 6 aliphatic carbocycles. The van der Waals surface area contributed by atoms with E-state index in [-0.39, 0.29) is 32.6 Å². The molecule has 4 aliphatic heterocycles. The first-order valence-electron chi connectivity index (χ1n) is 37.7. The van der Waals surface area contributed by atoms with Crippen molar-refractivity contribution in [2.45, 2.75) is 196 Å². The molecule has 18 rings (SSSR count). The van der Waals surface area contributed by atoms with Gasteiger partial charge in [-0.3, -0.25) is 24.8 Å². The molecule has 6 saturated carbocycles. The summed E-state index contributed by atoms with van der Waals surface area (Å²) in [5.74, 6) is 5.86. The average Bonchev–Trinajstić information content (AvgIpc) is 1.37. The second kappa shape index (κ2) is 31.0. The van der Waals surface area contributed by atoms with Crippen LogP contribution in [0, 0.1) is 41.5 Å². The number of thioether (sulfide) groups is 1. The van der Waals surface area contributed by atoms with Gasteiger partial charge in [-0.2, -0.15) is 0 Å². The van der Waals surface area contributed by atoms with Crippen molar-refractivity contribution in [3.05, 3.63) is 265 Å². The van der Waals surface area contributed by atoms with Crippen molar-refractivity contribution in [1.82, 2.24) is 24.8 Å². The van der Waals surface area contributed by atoms with Crippen molar-refractivity contribution in [1.29, 1.82) is 0 Å². The first-order chi connectivity index (χ1) is 48.7. The standard InChI is InChI=1S/C17H19NO.C15H20N2.C14H18N2.C14H16N2.C14H17NO.C14H17NS/c1-14-6-8-15(9-7-14)17(10-4-11-17)13-18-12-3-2-5-16(18)19;1-12-4-6-13(7-5-12)15(8-3-9-15)14-16-10-11-17(14)2;4*1-11-3-5-12(6-4-11)14(7-2-8-14)13-15-9-10-16-13/h2-3,5-9,12H,4,10-11,13H2,1H3;4-7H,3,8-11H2,1-2H3;3-6H,2,7-10H2,1H3,(H,15,16);3-6,9-10H,2,7-8H2,1H3,(H,15,16);2*3-6H,2,7-10H2,1H3. The molecule has 12 heteroatoms. The third-order valence-electron chi connectivity index (χ3n) is 24.0. The Balaban J connectivity index is 0.000000108. The average molecular weight is 1350 g/mol. The van der Waals surface area contributed by atoms with Crippen LogP contribution in [0.2, 0.25) is 0 Å². The van der Waals surface area contributed by atoms with Crippen LogP contribution in [0.15, 0.2) is 207 Å². The highest BCUT2D eigenvalue weighted by Gasteiger charge is 2.49. The van der Waals surface area contributed by atoms with Gasteiger partial charge in [-0.05, 0) is 158 Å². The minimum atomic E-state index is 0.0980. The highest BCUT2D eigenvalue weighted by Crippen LogP contribution is 2.52. The number of aromatic nitrogens is 3. The first kappa shape index (κ1) is 70.4. The van der Waals surface area contributed by atoms with Gasteiger partial charge in [0.2, 0.25) is 0 Å². The number of ether oxygens (including phenoxy) is 1. The zero-order valence-corrected chi connectivity index (χ0v) is 61.6. The van der Waals surface area contributed by atoms with Crippen molar-refractivity contribution in [3.8, 4) is 0 Å². The number of aromatic amines is 1. The van der Waals surface area contributed by atoms with E-state index in [1.807, 2.05) is 41.0 Å². The minimum Gasteiger partial charge on any atom is -0.478 e. The van der Waals surface area contributed by atoms with Crippen LogP contribution in [-0.2, 0) is 43.8 Å². The fraction of sp³-hybridized carbons (Fsp3) is 0.455. The molecule has 0 radical (unpaired) electrons. The maximum atomic E-state index is 11.9. The van der Waals surface area contributed by atoms with Crippen LogP contribution in [0.5, 0.6) is 0 Å². The Bertz CT molecular complexity index is 3980. The van der Waals surface area contributed by atoms with Crippen molar-refractivity contribution in [2.24, 2.45) is 20.0 Å². The van der Waals surface area contributed by atoms with E-state index in [9.17, 15) is 4.79 Å². The molecule has 10 aliphatic rings. The molecule has 0 spiro atoms. The van der Waals surface area contributed by atoms with E-state index >= 15 is 0 Å². The third-order valence-corrected chi connectivity index (χ3v) is 25.1. The molecule has 2 aromatic heterocycles. The van der Waals surface area contributed by atoms with Crippen LogP contribution in [0.1, 0.15) is 188 Å². The van der Waals surface area contributed by atoms with Gasteiger partial charge in [0.15, 0.2) is 5.90 Å². The topological polar surface area (TPSA) is 125 Å². The first-order valence-corrected chi connectivity index (χ1v) is 38.6. The molecular weight excluding hydrogens is 1250 g/mol. The number of pyridine rings is 1. The zero-order valence-electron chi connectivity index (χ0n) is 60.8. The number of aryl methyl sites for hydroxylation is 6. The Morgan fingerprint density at radius 1 is 0.460 bits per heavy atom. The number of nitrogens with one attached hydrogen (secondary N) is 2. The lowest BCUT2D eigenvalue weighted by molar-refractivity contribution is 0.206.